The first-order valence-electron chi connectivity index (χ1n) is 7.61. The Kier molecular flexibility index (Phi) is 5.05. The Morgan fingerprint density at radius 2 is 2.06 bits per heavy atom. The second-order valence-corrected chi connectivity index (χ2v) is 6.64. The summed E-state index contributed by atoms with van der Waals surface area (Å²) in [7, 11) is 1.84. The van der Waals surface area contributed by atoms with E-state index in [9.17, 15) is 0 Å². The highest BCUT2D eigenvalue weighted by Crippen LogP contribution is 2.33. The summed E-state index contributed by atoms with van der Waals surface area (Å²) in [6.07, 6.45) is 5.48. The van der Waals surface area contributed by atoms with E-state index in [1.165, 1.54) is 38.8 Å². The summed E-state index contributed by atoms with van der Waals surface area (Å²) in [5.74, 6) is 2.25. The van der Waals surface area contributed by atoms with E-state index in [0.29, 0.717) is 18.1 Å². The van der Waals surface area contributed by atoms with Gasteiger partial charge in [0, 0.05) is 26.2 Å². The van der Waals surface area contributed by atoms with Gasteiger partial charge in [0.15, 0.2) is 0 Å². The highest BCUT2D eigenvalue weighted by Gasteiger charge is 2.33. The third-order valence-electron chi connectivity index (χ3n) is 4.99. The fourth-order valence-electron chi connectivity index (χ4n) is 3.95. The number of ether oxygens (including phenoxy) is 1. The number of hydrogen-bond acceptors (Lipinski definition) is 3. The first kappa shape index (κ1) is 14.3. The maximum Gasteiger partial charge on any atom is 0.0698 e. The Morgan fingerprint density at radius 1 is 1.28 bits per heavy atom. The summed E-state index contributed by atoms with van der Waals surface area (Å²) in [5.41, 5.74) is 6.39. The number of rotatable bonds is 3. The molecule has 2 aliphatic rings. The van der Waals surface area contributed by atoms with Gasteiger partial charge in [0.05, 0.1) is 6.10 Å². The summed E-state index contributed by atoms with van der Waals surface area (Å²) < 4.78 is 5.51. The molecular weight excluding hydrogens is 224 g/mol. The molecule has 1 saturated heterocycles. The van der Waals surface area contributed by atoms with E-state index >= 15 is 0 Å². The standard InChI is InChI=1S/C15H30N2O/c1-11-7-12(2)14(15(16)8-11)10-17-6-4-5-13(9-17)18-3/h11-15H,4-10,16H2,1-3H3. The van der Waals surface area contributed by atoms with Crippen LogP contribution < -0.4 is 5.73 Å². The monoisotopic (exact) mass is 254 g/mol. The van der Waals surface area contributed by atoms with E-state index in [2.05, 4.69) is 18.7 Å². The van der Waals surface area contributed by atoms with Crippen molar-refractivity contribution >= 4 is 0 Å². The SMILES string of the molecule is COC1CCCN(CC2C(C)CC(C)CC2N)C1. The van der Waals surface area contributed by atoms with Gasteiger partial charge in [0.25, 0.3) is 0 Å². The molecule has 3 heteroatoms. The van der Waals surface area contributed by atoms with Gasteiger partial charge >= 0.3 is 0 Å². The fraction of sp³-hybridized carbons (Fsp3) is 1.00. The van der Waals surface area contributed by atoms with Crippen molar-refractivity contribution in [2.24, 2.45) is 23.5 Å². The van der Waals surface area contributed by atoms with Gasteiger partial charge in [-0.3, -0.25) is 0 Å². The van der Waals surface area contributed by atoms with Crippen LogP contribution in [0.1, 0.15) is 39.5 Å². The van der Waals surface area contributed by atoms with Crippen molar-refractivity contribution in [3.63, 3.8) is 0 Å². The van der Waals surface area contributed by atoms with Crippen LogP contribution in [0.2, 0.25) is 0 Å². The predicted octanol–water partition coefficient (Wildman–Crippen LogP) is 2.11. The normalized spacial score (nSPS) is 43.0. The zero-order valence-corrected chi connectivity index (χ0v) is 12.3. The maximum atomic E-state index is 6.39. The topological polar surface area (TPSA) is 38.5 Å². The molecule has 2 N–H and O–H groups in total. The zero-order valence-electron chi connectivity index (χ0n) is 12.3. The van der Waals surface area contributed by atoms with Gasteiger partial charge in [-0.1, -0.05) is 13.8 Å². The minimum Gasteiger partial charge on any atom is -0.380 e. The van der Waals surface area contributed by atoms with Gasteiger partial charge in [-0.05, 0) is 50.0 Å². The Hall–Kier alpha value is -0.120. The average Bonchev–Trinajstić information content (AvgIpc) is 2.34. The molecule has 0 aromatic carbocycles. The fourth-order valence-corrected chi connectivity index (χ4v) is 3.95. The molecule has 18 heavy (non-hydrogen) atoms. The molecule has 1 aliphatic heterocycles. The summed E-state index contributed by atoms with van der Waals surface area (Å²) in [6, 6.07) is 0.395. The van der Waals surface area contributed by atoms with Gasteiger partial charge < -0.3 is 15.4 Å². The zero-order chi connectivity index (χ0) is 13.1. The van der Waals surface area contributed by atoms with Crippen LogP contribution in [0.15, 0.2) is 0 Å². The molecule has 0 radical (unpaired) electrons. The van der Waals surface area contributed by atoms with Crippen LogP contribution in [-0.4, -0.2) is 43.8 Å². The molecule has 106 valence electrons. The Balaban J connectivity index is 1.87. The largest absolute Gasteiger partial charge is 0.380 e. The van der Waals surface area contributed by atoms with Gasteiger partial charge in [-0.15, -0.1) is 0 Å². The van der Waals surface area contributed by atoms with E-state index < -0.39 is 0 Å². The van der Waals surface area contributed by atoms with Gasteiger partial charge in [-0.25, -0.2) is 0 Å². The first-order chi connectivity index (χ1) is 8.60. The minimum absolute atomic E-state index is 0.395. The number of methoxy groups -OCH3 is 1. The molecular formula is C15H30N2O. The lowest BCUT2D eigenvalue weighted by atomic mass is 9.72. The van der Waals surface area contributed by atoms with Crippen molar-refractivity contribution < 1.29 is 4.74 Å². The van der Waals surface area contributed by atoms with E-state index in [0.717, 1.165) is 18.4 Å². The average molecular weight is 254 g/mol. The van der Waals surface area contributed by atoms with Crippen LogP contribution in [0.4, 0.5) is 0 Å². The number of nitrogens with two attached hydrogens (primary N) is 1. The van der Waals surface area contributed by atoms with E-state index in [4.69, 9.17) is 10.5 Å². The third-order valence-corrected chi connectivity index (χ3v) is 4.99. The van der Waals surface area contributed by atoms with Crippen LogP contribution in [0.5, 0.6) is 0 Å². The quantitative estimate of drug-likeness (QED) is 0.838. The lowest BCUT2D eigenvalue weighted by Gasteiger charge is -2.42. The Labute approximate surface area is 112 Å². The van der Waals surface area contributed by atoms with E-state index in [1.807, 2.05) is 7.11 Å². The van der Waals surface area contributed by atoms with E-state index in [-0.39, 0.29) is 0 Å². The summed E-state index contributed by atoms with van der Waals surface area (Å²) >= 11 is 0. The molecule has 0 amide bonds. The van der Waals surface area contributed by atoms with E-state index in [1.54, 1.807) is 0 Å². The predicted molar refractivity (Wildman–Crippen MR) is 75.5 cm³/mol. The molecule has 3 nitrogen and oxygen atoms in total. The summed E-state index contributed by atoms with van der Waals surface area (Å²) in [6.45, 7) is 8.23. The molecule has 0 aromatic heterocycles. The summed E-state index contributed by atoms with van der Waals surface area (Å²) in [5, 5.41) is 0. The molecule has 1 aliphatic carbocycles. The second-order valence-electron chi connectivity index (χ2n) is 6.64. The molecule has 1 saturated carbocycles. The van der Waals surface area contributed by atoms with Crippen LogP contribution in [0.3, 0.4) is 0 Å². The molecule has 0 aromatic rings. The highest BCUT2D eigenvalue weighted by molar-refractivity contribution is 4.88. The molecule has 0 spiro atoms. The van der Waals surface area contributed by atoms with Crippen molar-refractivity contribution in [3.05, 3.63) is 0 Å². The van der Waals surface area contributed by atoms with Crippen LogP contribution >= 0.6 is 0 Å². The number of piperidine rings is 1. The van der Waals surface area contributed by atoms with Crippen LogP contribution in [0, 0.1) is 17.8 Å². The van der Waals surface area contributed by atoms with Crippen molar-refractivity contribution in [2.45, 2.75) is 51.7 Å². The Morgan fingerprint density at radius 3 is 2.72 bits per heavy atom. The van der Waals surface area contributed by atoms with Crippen molar-refractivity contribution in [2.75, 3.05) is 26.7 Å². The molecule has 5 unspecified atom stereocenters. The lowest BCUT2D eigenvalue weighted by Crippen LogP contribution is -2.49. The molecule has 1 heterocycles. The van der Waals surface area contributed by atoms with Crippen molar-refractivity contribution in [3.8, 4) is 0 Å². The smallest absolute Gasteiger partial charge is 0.0698 e. The summed E-state index contributed by atoms with van der Waals surface area (Å²) in [4.78, 5) is 2.58. The number of nitrogens with zero attached hydrogens (tertiary/aromatic N) is 1. The number of hydrogen-bond donors (Lipinski definition) is 1. The lowest BCUT2D eigenvalue weighted by molar-refractivity contribution is 0.0148. The van der Waals surface area contributed by atoms with Gasteiger partial charge in [-0.2, -0.15) is 0 Å². The van der Waals surface area contributed by atoms with Crippen LogP contribution in [-0.2, 0) is 4.74 Å². The molecule has 0 bridgehead atoms. The molecule has 2 fully saturated rings. The Bertz CT molecular complexity index is 247. The maximum absolute atomic E-state index is 6.39. The van der Waals surface area contributed by atoms with Gasteiger partial charge in [0.1, 0.15) is 0 Å². The second kappa shape index (κ2) is 6.36. The number of likely N-dealkylation sites (tertiary alicyclic amines) is 1. The molecule has 5 atom stereocenters. The van der Waals surface area contributed by atoms with Crippen molar-refractivity contribution in [1.82, 2.24) is 4.90 Å². The molecule has 2 rings (SSSR count). The first-order valence-corrected chi connectivity index (χ1v) is 7.61. The highest BCUT2D eigenvalue weighted by atomic mass is 16.5. The van der Waals surface area contributed by atoms with Crippen LogP contribution in [0.25, 0.3) is 0 Å². The van der Waals surface area contributed by atoms with Crippen molar-refractivity contribution in [1.29, 1.82) is 0 Å². The third kappa shape index (κ3) is 3.46. The van der Waals surface area contributed by atoms with Gasteiger partial charge in [0.2, 0.25) is 0 Å². The minimum atomic E-state index is 0.395.